The van der Waals surface area contributed by atoms with Gasteiger partial charge in [-0.25, -0.2) is 4.52 Å². The van der Waals surface area contributed by atoms with E-state index in [4.69, 9.17) is 0 Å². The van der Waals surface area contributed by atoms with Crippen molar-refractivity contribution in [1.29, 1.82) is 10.5 Å². The summed E-state index contributed by atoms with van der Waals surface area (Å²) in [5, 5.41) is 31.6. The molecule has 31 heavy (non-hydrogen) atoms. The number of aromatic amines is 1. The van der Waals surface area contributed by atoms with Gasteiger partial charge in [0.05, 0.1) is 34.8 Å². The molecule has 0 saturated carbocycles. The number of nitrogens with zero attached hydrogens (tertiary/aromatic N) is 6. The molecule has 0 fully saturated rings. The van der Waals surface area contributed by atoms with E-state index in [0.717, 1.165) is 5.56 Å². The van der Waals surface area contributed by atoms with Crippen molar-refractivity contribution >= 4 is 16.4 Å². The second kappa shape index (κ2) is 7.21. The van der Waals surface area contributed by atoms with Crippen LogP contribution in [0.1, 0.15) is 11.3 Å². The van der Waals surface area contributed by atoms with E-state index in [-0.39, 0.29) is 17.5 Å². The van der Waals surface area contributed by atoms with Gasteiger partial charge in [0, 0.05) is 16.5 Å². The summed E-state index contributed by atoms with van der Waals surface area (Å²) in [6.07, 6.45) is -0.0350. The molecule has 0 aliphatic heterocycles. The van der Waals surface area contributed by atoms with Gasteiger partial charge in [0.1, 0.15) is 6.07 Å². The van der Waals surface area contributed by atoms with Gasteiger partial charge in [-0.05, 0) is 12.1 Å². The van der Waals surface area contributed by atoms with Crippen molar-refractivity contribution in [2.75, 3.05) is 0 Å². The Morgan fingerprint density at radius 2 is 1.71 bits per heavy atom. The summed E-state index contributed by atoms with van der Waals surface area (Å²) >= 11 is 0. The Labute approximate surface area is 175 Å². The van der Waals surface area contributed by atoms with Crippen LogP contribution in [0, 0.1) is 22.7 Å². The first-order valence-electron chi connectivity index (χ1n) is 9.44. The molecule has 2 aromatic carbocycles. The van der Waals surface area contributed by atoms with E-state index in [1.165, 1.54) is 4.52 Å². The molecule has 0 spiro atoms. The number of fused-ring (bicyclic) bond motifs is 3. The third-order valence-electron chi connectivity index (χ3n) is 5.05. The molecule has 0 amide bonds. The lowest BCUT2D eigenvalue weighted by Crippen LogP contribution is -2.13. The van der Waals surface area contributed by atoms with Gasteiger partial charge in [0.25, 0.3) is 5.56 Å². The van der Waals surface area contributed by atoms with Gasteiger partial charge in [-0.2, -0.15) is 10.5 Å². The average molecular weight is 403 g/mol. The summed E-state index contributed by atoms with van der Waals surface area (Å²) in [6.45, 7) is 0. The molecule has 146 valence electrons. The largest absolute Gasteiger partial charge is 0.270 e. The number of hydrogen-bond acceptors (Lipinski definition) is 6. The first kappa shape index (κ1) is 18.2. The number of rotatable bonds is 3. The molecular weight excluding hydrogens is 390 g/mol. The molecule has 0 saturated heterocycles. The highest BCUT2D eigenvalue weighted by atomic mass is 16.1. The minimum atomic E-state index is -0.294. The van der Waals surface area contributed by atoms with Crippen LogP contribution in [0.25, 0.3) is 39.1 Å². The zero-order valence-corrected chi connectivity index (χ0v) is 16.1. The van der Waals surface area contributed by atoms with Crippen molar-refractivity contribution in [3.05, 3.63) is 82.3 Å². The van der Waals surface area contributed by atoms with Gasteiger partial charge < -0.3 is 0 Å². The van der Waals surface area contributed by atoms with Crippen molar-refractivity contribution in [3.63, 3.8) is 0 Å². The summed E-state index contributed by atoms with van der Waals surface area (Å²) in [6, 6.07) is 22.5. The fourth-order valence-electron chi connectivity index (χ4n) is 3.64. The lowest BCUT2D eigenvalue weighted by Gasteiger charge is -2.10. The summed E-state index contributed by atoms with van der Waals surface area (Å²) in [5.41, 5.74) is 2.62. The van der Waals surface area contributed by atoms with Crippen LogP contribution in [0.2, 0.25) is 0 Å². The highest BCUT2D eigenvalue weighted by Crippen LogP contribution is 2.30. The summed E-state index contributed by atoms with van der Waals surface area (Å²) < 4.78 is 1.48. The SMILES string of the molecule is N#CCc1nc(-c2ccccc2)cc(-c2nnc3c4ccccc4c(=O)[nH]n23)c1C#N. The van der Waals surface area contributed by atoms with Gasteiger partial charge in [-0.1, -0.05) is 48.5 Å². The number of pyridine rings is 1. The van der Waals surface area contributed by atoms with Crippen molar-refractivity contribution < 1.29 is 0 Å². The van der Waals surface area contributed by atoms with Crippen LogP contribution in [0.4, 0.5) is 0 Å². The predicted molar refractivity (Wildman–Crippen MR) is 114 cm³/mol. The maximum Gasteiger partial charge on any atom is 0.270 e. The molecule has 0 bridgehead atoms. The average Bonchev–Trinajstić information content (AvgIpc) is 3.23. The predicted octanol–water partition coefficient (Wildman–Crippen LogP) is 3.24. The smallest absolute Gasteiger partial charge is 0.267 e. The number of H-pyrrole nitrogens is 1. The van der Waals surface area contributed by atoms with E-state index in [9.17, 15) is 15.3 Å². The van der Waals surface area contributed by atoms with Crippen LogP contribution >= 0.6 is 0 Å². The van der Waals surface area contributed by atoms with E-state index >= 15 is 0 Å². The van der Waals surface area contributed by atoms with E-state index in [1.807, 2.05) is 36.4 Å². The number of benzene rings is 2. The summed E-state index contributed by atoms with van der Waals surface area (Å²) in [7, 11) is 0. The Hall–Kier alpha value is -4.82. The Morgan fingerprint density at radius 3 is 2.45 bits per heavy atom. The maximum absolute atomic E-state index is 12.6. The second-order valence-corrected chi connectivity index (χ2v) is 6.86. The first-order valence-corrected chi connectivity index (χ1v) is 9.44. The highest BCUT2D eigenvalue weighted by molar-refractivity contribution is 5.93. The molecule has 0 aliphatic rings. The standard InChI is InChI=1S/C23H13N7O/c24-11-10-19-18(13-25)17(12-20(26-19)14-6-2-1-3-7-14)22-28-27-21-15-8-4-5-9-16(15)23(31)29-30(21)22/h1-9,12H,10H2,(H,29,31). The zero-order valence-electron chi connectivity index (χ0n) is 16.1. The van der Waals surface area contributed by atoms with Gasteiger partial charge in [-0.3, -0.25) is 14.9 Å². The normalized spacial score (nSPS) is 10.8. The van der Waals surface area contributed by atoms with Gasteiger partial charge >= 0.3 is 0 Å². The van der Waals surface area contributed by atoms with Gasteiger partial charge in [0.15, 0.2) is 11.5 Å². The topological polar surface area (TPSA) is 124 Å². The van der Waals surface area contributed by atoms with Crippen molar-refractivity contribution in [1.82, 2.24) is 24.8 Å². The molecule has 5 aromatic rings. The number of nitriles is 2. The minimum Gasteiger partial charge on any atom is -0.267 e. The monoisotopic (exact) mass is 403 g/mol. The highest BCUT2D eigenvalue weighted by Gasteiger charge is 2.20. The van der Waals surface area contributed by atoms with Crippen molar-refractivity contribution in [3.8, 4) is 34.8 Å². The molecular formula is C23H13N7O. The molecule has 8 heteroatoms. The molecule has 8 nitrogen and oxygen atoms in total. The van der Waals surface area contributed by atoms with Crippen molar-refractivity contribution in [2.24, 2.45) is 0 Å². The number of nitrogens with one attached hydrogen (secondary N) is 1. The van der Waals surface area contributed by atoms with E-state index in [1.54, 1.807) is 24.3 Å². The fraction of sp³-hybridized carbons (Fsp3) is 0.0435. The molecule has 0 aliphatic carbocycles. The van der Waals surface area contributed by atoms with Crippen LogP contribution in [0.5, 0.6) is 0 Å². The number of aromatic nitrogens is 5. The molecule has 3 aromatic heterocycles. The van der Waals surface area contributed by atoms with Crippen molar-refractivity contribution in [2.45, 2.75) is 6.42 Å². The maximum atomic E-state index is 12.6. The van der Waals surface area contributed by atoms with Crippen LogP contribution in [-0.4, -0.2) is 24.8 Å². The van der Waals surface area contributed by atoms with Crippen LogP contribution in [0.15, 0.2) is 65.5 Å². The van der Waals surface area contributed by atoms with E-state index in [0.29, 0.717) is 39.2 Å². The molecule has 3 heterocycles. The lowest BCUT2D eigenvalue weighted by molar-refractivity contribution is 0.916. The third-order valence-corrected chi connectivity index (χ3v) is 5.05. The second-order valence-electron chi connectivity index (χ2n) is 6.86. The van der Waals surface area contributed by atoms with E-state index < -0.39 is 0 Å². The van der Waals surface area contributed by atoms with Crippen LogP contribution < -0.4 is 5.56 Å². The quantitative estimate of drug-likeness (QED) is 0.493. The third kappa shape index (κ3) is 2.91. The first-order chi connectivity index (χ1) is 15.2. The molecule has 0 atom stereocenters. The fourth-order valence-corrected chi connectivity index (χ4v) is 3.64. The van der Waals surface area contributed by atoms with Gasteiger partial charge in [-0.15, -0.1) is 10.2 Å². The Morgan fingerprint density at radius 1 is 0.968 bits per heavy atom. The minimum absolute atomic E-state index is 0.0350. The molecule has 5 rings (SSSR count). The van der Waals surface area contributed by atoms with E-state index in [2.05, 4.69) is 32.4 Å². The zero-order chi connectivity index (χ0) is 21.4. The van der Waals surface area contributed by atoms with Gasteiger partial charge in [0.2, 0.25) is 0 Å². The molecule has 1 N–H and O–H groups in total. The summed E-state index contributed by atoms with van der Waals surface area (Å²) in [5.74, 6) is 0.299. The van der Waals surface area contributed by atoms with Crippen LogP contribution in [0.3, 0.4) is 0 Å². The molecule has 0 unspecified atom stereocenters. The Bertz CT molecular complexity index is 1600. The Balaban J connectivity index is 1.85. The lowest BCUT2D eigenvalue weighted by atomic mass is 10.0. The summed E-state index contributed by atoms with van der Waals surface area (Å²) in [4.78, 5) is 17.2. The Kier molecular flexibility index (Phi) is 4.24. The van der Waals surface area contributed by atoms with Crippen LogP contribution in [-0.2, 0) is 6.42 Å². The number of hydrogen-bond donors (Lipinski definition) is 1. The molecule has 0 radical (unpaired) electrons.